The van der Waals surface area contributed by atoms with E-state index >= 15 is 0 Å². The first-order chi connectivity index (χ1) is 12.8. The van der Waals surface area contributed by atoms with Gasteiger partial charge in [-0.3, -0.25) is 4.79 Å². The molecule has 0 radical (unpaired) electrons. The van der Waals surface area contributed by atoms with Crippen LogP contribution in [0.15, 0.2) is 48.5 Å². The van der Waals surface area contributed by atoms with E-state index in [1.54, 1.807) is 7.11 Å². The van der Waals surface area contributed by atoms with E-state index in [2.05, 4.69) is 16.3 Å². The minimum atomic E-state index is -0.0239. The molecule has 0 aliphatic carbocycles. The lowest BCUT2D eigenvalue weighted by molar-refractivity contribution is 0.0953. The fourth-order valence-corrected chi connectivity index (χ4v) is 3.07. The number of rotatable bonds is 7. The average Bonchev–Trinajstić information content (AvgIpc) is 2.72. The maximum absolute atomic E-state index is 12.3. The van der Waals surface area contributed by atoms with E-state index in [0.717, 1.165) is 50.6 Å². The molecular formula is C21H26N2O3. The Bertz CT molecular complexity index is 709. The van der Waals surface area contributed by atoms with E-state index in [4.69, 9.17) is 9.47 Å². The van der Waals surface area contributed by atoms with E-state index in [0.29, 0.717) is 12.1 Å². The molecule has 2 aromatic carbocycles. The summed E-state index contributed by atoms with van der Waals surface area (Å²) in [5.41, 5.74) is 3.06. The van der Waals surface area contributed by atoms with Crippen LogP contribution in [0.5, 0.6) is 5.75 Å². The number of nitrogens with one attached hydrogen (secondary N) is 1. The zero-order valence-corrected chi connectivity index (χ0v) is 15.2. The lowest BCUT2D eigenvalue weighted by atomic mass is 10.1. The number of aryl methyl sites for hydroxylation is 1. The molecule has 0 atom stereocenters. The Morgan fingerprint density at radius 2 is 1.92 bits per heavy atom. The van der Waals surface area contributed by atoms with Crippen molar-refractivity contribution >= 4 is 11.6 Å². The summed E-state index contributed by atoms with van der Waals surface area (Å²) in [4.78, 5) is 14.6. The molecule has 0 saturated carbocycles. The quantitative estimate of drug-likeness (QED) is 0.777. The van der Waals surface area contributed by atoms with Crippen LogP contribution >= 0.6 is 0 Å². The van der Waals surface area contributed by atoms with Gasteiger partial charge in [0.1, 0.15) is 5.75 Å². The van der Waals surface area contributed by atoms with Crippen molar-refractivity contribution < 1.29 is 14.3 Å². The van der Waals surface area contributed by atoms with Crippen LogP contribution in [0.1, 0.15) is 22.3 Å². The van der Waals surface area contributed by atoms with Crippen molar-refractivity contribution in [2.45, 2.75) is 12.8 Å². The van der Waals surface area contributed by atoms with Crippen molar-refractivity contribution in [2.75, 3.05) is 44.9 Å². The molecule has 0 bridgehead atoms. The lowest BCUT2D eigenvalue weighted by Crippen LogP contribution is -2.36. The molecule has 1 aliphatic rings. The number of carbonyl (C=O) groups is 1. The Morgan fingerprint density at radius 3 is 2.65 bits per heavy atom. The largest absolute Gasteiger partial charge is 0.497 e. The van der Waals surface area contributed by atoms with Gasteiger partial charge in [-0.15, -0.1) is 0 Å². The number of methoxy groups -OCH3 is 1. The zero-order chi connectivity index (χ0) is 18.2. The second-order valence-corrected chi connectivity index (χ2v) is 6.36. The lowest BCUT2D eigenvalue weighted by Gasteiger charge is -2.28. The first-order valence-electron chi connectivity index (χ1n) is 9.10. The first-order valence-corrected chi connectivity index (χ1v) is 9.10. The van der Waals surface area contributed by atoms with Gasteiger partial charge in [0.05, 0.1) is 20.3 Å². The number of nitrogens with zero attached hydrogens (tertiary/aromatic N) is 1. The summed E-state index contributed by atoms with van der Waals surface area (Å²) < 4.78 is 10.6. The van der Waals surface area contributed by atoms with Gasteiger partial charge in [0.25, 0.3) is 5.91 Å². The van der Waals surface area contributed by atoms with Gasteiger partial charge >= 0.3 is 0 Å². The summed E-state index contributed by atoms with van der Waals surface area (Å²) in [5.74, 6) is 0.844. The van der Waals surface area contributed by atoms with Gasteiger partial charge in [-0.1, -0.05) is 12.1 Å². The molecule has 1 saturated heterocycles. The standard InChI is InChI=1S/C21H26N2O3/c1-25-20-6-2-4-17(16-20)5-3-11-22-21(24)18-7-9-19(10-8-18)23-12-14-26-15-13-23/h2,4,6-10,16H,3,5,11-15H2,1H3,(H,22,24). The Labute approximate surface area is 154 Å². The SMILES string of the molecule is COc1cccc(CCCNC(=O)c2ccc(N3CCOCC3)cc2)c1. The van der Waals surface area contributed by atoms with Crippen molar-refractivity contribution in [1.82, 2.24) is 5.32 Å². The van der Waals surface area contributed by atoms with Crippen LogP contribution in [0.25, 0.3) is 0 Å². The maximum Gasteiger partial charge on any atom is 0.251 e. The van der Waals surface area contributed by atoms with Crippen LogP contribution in [0, 0.1) is 0 Å². The van der Waals surface area contributed by atoms with E-state index < -0.39 is 0 Å². The summed E-state index contributed by atoms with van der Waals surface area (Å²) in [6.07, 6.45) is 1.80. The molecule has 0 aromatic heterocycles. The van der Waals surface area contributed by atoms with Crippen LogP contribution in [0.3, 0.4) is 0 Å². The van der Waals surface area contributed by atoms with Gasteiger partial charge in [0.2, 0.25) is 0 Å². The second kappa shape index (κ2) is 9.25. The minimum absolute atomic E-state index is 0.0239. The number of hydrogen-bond acceptors (Lipinski definition) is 4. The molecule has 1 N–H and O–H groups in total. The molecule has 5 heteroatoms. The van der Waals surface area contributed by atoms with Crippen LogP contribution < -0.4 is 15.0 Å². The number of amides is 1. The zero-order valence-electron chi connectivity index (χ0n) is 15.2. The highest BCUT2D eigenvalue weighted by Crippen LogP contribution is 2.17. The number of anilines is 1. The molecule has 2 aromatic rings. The molecule has 26 heavy (non-hydrogen) atoms. The number of hydrogen-bond donors (Lipinski definition) is 1. The van der Waals surface area contributed by atoms with Crippen molar-refractivity contribution in [3.63, 3.8) is 0 Å². The fraction of sp³-hybridized carbons (Fsp3) is 0.381. The molecule has 1 aliphatic heterocycles. The summed E-state index contributed by atoms with van der Waals surface area (Å²) in [5, 5.41) is 2.99. The average molecular weight is 354 g/mol. The Morgan fingerprint density at radius 1 is 1.15 bits per heavy atom. The second-order valence-electron chi connectivity index (χ2n) is 6.36. The van der Waals surface area contributed by atoms with Crippen molar-refractivity contribution in [2.24, 2.45) is 0 Å². The van der Waals surface area contributed by atoms with Crippen LogP contribution in [-0.2, 0) is 11.2 Å². The van der Waals surface area contributed by atoms with Crippen LogP contribution in [0.4, 0.5) is 5.69 Å². The molecular weight excluding hydrogens is 328 g/mol. The highest BCUT2D eigenvalue weighted by atomic mass is 16.5. The summed E-state index contributed by atoms with van der Waals surface area (Å²) >= 11 is 0. The van der Waals surface area contributed by atoms with Crippen LogP contribution in [0.2, 0.25) is 0 Å². The van der Waals surface area contributed by atoms with Gasteiger partial charge in [-0.25, -0.2) is 0 Å². The number of benzene rings is 2. The highest BCUT2D eigenvalue weighted by Gasteiger charge is 2.12. The van der Waals surface area contributed by atoms with Gasteiger partial charge < -0.3 is 19.7 Å². The fourth-order valence-electron chi connectivity index (χ4n) is 3.07. The minimum Gasteiger partial charge on any atom is -0.497 e. The molecule has 5 nitrogen and oxygen atoms in total. The third-order valence-corrected chi connectivity index (χ3v) is 4.57. The van der Waals surface area contributed by atoms with Gasteiger partial charge in [0, 0.05) is 30.9 Å². The van der Waals surface area contributed by atoms with E-state index in [1.807, 2.05) is 42.5 Å². The number of ether oxygens (including phenoxy) is 2. The Kier molecular flexibility index (Phi) is 6.50. The maximum atomic E-state index is 12.3. The predicted molar refractivity (Wildman–Crippen MR) is 103 cm³/mol. The molecule has 138 valence electrons. The molecule has 0 unspecified atom stereocenters. The summed E-state index contributed by atoms with van der Waals surface area (Å²) in [6, 6.07) is 15.8. The van der Waals surface area contributed by atoms with E-state index in [1.165, 1.54) is 5.56 Å². The van der Waals surface area contributed by atoms with Crippen molar-refractivity contribution in [1.29, 1.82) is 0 Å². The van der Waals surface area contributed by atoms with Crippen molar-refractivity contribution in [3.8, 4) is 5.75 Å². The Hall–Kier alpha value is -2.53. The topological polar surface area (TPSA) is 50.8 Å². The molecule has 1 fully saturated rings. The number of morpholine rings is 1. The molecule has 1 amide bonds. The monoisotopic (exact) mass is 354 g/mol. The van der Waals surface area contributed by atoms with Gasteiger partial charge in [-0.05, 0) is 54.8 Å². The van der Waals surface area contributed by atoms with Crippen molar-refractivity contribution in [3.05, 3.63) is 59.7 Å². The highest BCUT2D eigenvalue weighted by molar-refractivity contribution is 5.94. The summed E-state index contributed by atoms with van der Waals surface area (Å²) in [7, 11) is 1.67. The molecule has 1 heterocycles. The smallest absolute Gasteiger partial charge is 0.251 e. The third kappa shape index (κ3) is 4.99. The predicted octanol–water partition coefficient (Wildman–Crippen LogP) is 2.89. The first kappa shape index (κ1) is 18.3. The van der Waals surface area contributed by atoms with Gasteiger partial charge in [0.15, 0.2) is 0 Å². The molecule has 3 rings (SSSR count). The Balaban J connectivity index is 1.44. The summed E-state index contributed by atoms with van der Waals surface area (Å²) in [6.45, 7) is 3.97. The normalized spacial score (nSPS) is 14.1. The van der Waals surface area contributed by atoms with E-state index in [-0.39, 0.29) is 5.91 Å². The number of carbonyl (C=O) groups excluding carboxylic acids is 1. The van der Waals surface area contributed by atoms with E-state index in [9.17, 15) is 4.79 Å². The van der Waals surface area contributed by atoms with Gasteiger partial charge in [-0.2, -0.15) is 0 Å². The molecule has 0 spiro atoms. The van der Waals surface area contributed by atoms with Crippen LogP contribution in [-0.4, -0.2) is 45.9 Å². The third-order valence-electron chi connectivity index (χ3n) is 4.57.